The van der Waals surface area contributed by atoms with Crippen molar-refractivity contribution in [1.82, 2.24) is 0 Å². The van der Waals surface area contributed by atoms with Gasteiger partial charge in [0.15, 0.2) is 17.3 Å². The lowest BCUT2D eigenvalue weighted by atomic mass is 9.64. The molecule has 1 fully saturated rings. The van der Waals surface area contributed by atoms with Gasteiger partial charge in [0.05, 0.1) is 6.04 Å². The molecule has 2 aliphatic heterocycles. The largest absolute Gasteiger partial charge is 0.352 e. The van der Waals surface area contributed by atoms with E-state index in [4.69, 9.17) is 0 Å². The smallest absolute Gasteiger partial charge is 0.185 e. The van der Waals surface area contributed by atoms with Gasteiger partial charge >= 0.3 is 0 Å². The lowest BCUT2D eigenvalue weighted by Gasteiger charge is -2.37. The third-order valence-corrected chi connectivity index (χ3v) is 8.52. The van der Waals surface area contributed by atoms with Crippen LogP contribution >= 0.6 is 0 Å². The third kappa shape index (κ3) is 3.13. The predicted octanol–water partition coefficient (Wildman–Crippen LogP) is 6.45. The first-order chi connectivity index (χ1) is 18.9. The van der Waals surface area contributed by atoms with Crippen molar-refractivity contribution in [2.45, 2.75) is 24.9 Å². The molecule has 4 aromatic rings. The number of nitrogens with zero attached hydrogens (tertiary/aromatic N) is 1. The molecule has 0 aromatic heterocycles. The summed E-state index contributed by atoms with van der Waals surface area (Å²) in [4.78, 5) is 45.6. The van der Waals surface area contributed by atoms with Crippen molar-refractivity contribution in [3.63, 3.8) is 0 Å². The highest BCUT2D eigenvalue weighted by molar-refractivity contribution is 6.32. The van der Waals surface area contributed by atoms with Gasteiger partial charge in [-0.15, -0.1) is 0 Å². The van der Waals surface area contributed by atoms with E-state index in [9.17, 15) is 18.8 Å². The standard InChI is InChI=1S/C34H24FNO3/c1-20-11-12-21-15-18-28-34(32(38)25-9-5-6-10-26(25)33(34)39)29(22-13-16-24(35)17-14-22)30(36(28)27(21)19-20)31(37)23-7-3-2-4-8-23/h2-19,28-30H,1H3/t28-,29+,30-/m0/s1. The number of fused-ring (bicyclic) bond motifs is 5. The quantitative estimate of drug-likeness (QED) is 0.233. The number of carbonyl (C=O) groups excluding carboxylic acids is 3. The molecule has 1 aliphatic carbocycles. The van der Waals surface area contributed by atoms with Crippen LogP contribution < -0.4 is 4.90 Å². The van der Waals surface area contributed by atoms with E-state index in [1.165, 1.54) is 12.1 Å². The van der Waals surface area contributed by atoms with Crippen LogP contribution in [0.15, 0.2) is 103 Å². The number of hydrogen-bond donors (Lipinski definition) is 0. The molecule has 4 aromatic carbocycles. The second-order valence-electron chi connectivity index (χ2n) is 10.6. The summed E-state index contributed by atoms with van der Waals surface area (Å²) in [6.07, 6.45) is 3.84. The molecule has 0 saturated carbocycles. The SMILES string of the molecule is Cc1ccc2c(c1)N1[C@H](C(=O)c3ccccc3)[C@@H](c3ccc(F)cc3)C3(C(=O)c4ccccc4C3=O)[C@@H]1C=C2. The molecular weight excluding hydrogens is 489 g/mol. The van der Waals surface area contributed by atoms with Gasteiger partial charge in [-0.1, -0.05) is 91.0 Å². The first-order valence-electron chi connectivity index (χ1n) is 13.0. The number of anilines is 1. The van der Waals surface area contributed by atoms with Gasteiger partial charge in [-0.3, -0.25) is 14.4 Å². The van der Waals surface area contributed by atoms with Gasteiger partial charge in [0, 0.05) is 28.3 Å². The topological polar surface area (TPSA) is 54.5 Å². The summed E-state index contributed by atoms with van der Waals surface area (Å²) in [7, 11) is 0. The summed E-state index contributed by atoms with van der Waals surface area (Å²) in [5.74, 6) is -2.05. The van der Waals surface area contributed by atoms with Crippen LogP contribution in [0.5, 0.6) is 0 Å². The molecule has 3 atom stereocenters. The molecule has 0 radical (unpaired) electrons. The summed E-state index contributed by atoms with van der Waals surface area (Å²) in [6, 6.07) is 26.1. The lowest BCUT2D eigenvalue weighted by molar-refractivity contribution is 0.0666. The number of halogens is 1. The van der Waals surface area contributed by atoms with Crippen LogP contribution in [0.1, 0.15) is 53.7 Å². The van der Waals surface area contributed by atoms with E-state index < -0.39 is 29.2 Å². The minimum absolute atomic E-state index is 0.189. The molecule has 39 heavy (non-hydrogen) atoms. The van der Waals surface area contributed by atoms with Gasteiger partial charge in [0.2, 0.25) is 0 Å². The first kappa shape index (κ1) is 23.5. The molecule has 7 rings (SSSR count). The minimum Gasteiger partial charge on any atom is -0.352 e. The molecule has 2 heterocycles. The van der Waals surface area contributed by atoms with Crippen molar-refractivity contribution in [1.29, 1.82) is 0 Å². The van der Waals surface area contributed by atoms with Crippen LogP contribution in [0.25, 0.3) is 6.08 Å². The Morgan fingerprint density at radius 2 is 1.46 bits per heavy atom. The second-order valence-corrected chi connectivity index (χ2v) is 10.6. The molecule has 0 amide bonds. The van der Waals surface area contributed by atoms with Crippen molar-refractivity contribution in [2.24, 2.45) is 5.41 Å². The molecule has 5 heteroatoms. The summed E-state index contributed by atoms with van der Waals surface area (Å²) in [5, 5.41) is 0. The Labute approximate surface area is 225 Å². The highest BCUT2D eigenvalue weighted by Gasteiger charge is 2.71. The molecule has 0 N–H and O–H groups in total. The van der Waals surface area contributed by atoms with E-state index in [1.54, 1.807) is 60.7 Å². The Bertz CT molecular complexity index is 1670. The van der Waals surface area contributed by atoms with E-state index in [1.807, 2.05) is 48.2 Å². The van der Waals surface area contributed by atoms with Crippen molar-refractivity contribution < 1.29 is 18.8 Å². The van der Waals surface area contributed by atoms with Crippen LogP contribution in [-0.4, -0.2) is 29.4 Å². The van der Waals surface area contributed by atoms with Gasteiger partial charge < -0.3 is 4.90 Å². The van der Waals surface area contributed by atoms with Crippen molar-refractivity contribution in [2.75, 3.05) is 4.90 Å². The maximum atomic E-state index is 14.6. The fraction of sp³-hybridized carbons (Fsp3) is 0.147. The number of hydrogen-bond acceptors (Lipinski definition) is 4. The predicted molar refractivity (Wildman–Crippen MR) is 148 cm³/mol. The zero-order valence-corrected chi connectivity index (χ0v) is 21.2. The van der Waals surface area contributed by atoms with E-state index in [2.05, 4.69) is 0 Å². The molecule has 0 bridgehead atoms. The van der Waals surface area contributed by atoms with Crippen LogP contribution in [0.2, 0.25) is 0 Å². The second kappa shape index (κ2) is 8.43. The van der Waals surface area contributed by atoms with Gasteiger partial charge in [-0.2, -0.15) is 0 Å². The number of benzene rings is 4. The first-order valence-corrected chi connectivity index (χ1v) is 13.0. The average molecular weight is 514 g/mol. The number of ketones is 3. The average Bonchev–Trinajstić information content (AvgIpc) is 3.40. The summed E-state index contributed by atoms with van der Waals surface area (Å²) >= 11 is 0. The maximum Gasteiger partial charge on any atom is 0.185 e. The molecule has 1 saturated heterocycles. The van der Waals surface area contributed by atoms with E-state index >= 15 is 0 Å². The molecular formula is C34H24FNO3. The summed E-state index contributed by atoms with van der Waals surface area (Å²) in [5.41, 5.74) is 2.93. The highest BCUT2D eigenvalue weighted by atomic mass is 19.1. The Kier molecular flexibility index (Phi) is 5.08. The number of rotatable bonds is 3. The Hall–Kier alpha value is -4.64. The van der Waals surface area contributed by atoms with Gasteiger partial charge in [-0.05, 0) is 41.8 Å². The number of carbonyl (C=O) groups is 3. The molecule has 190 valence electrons. The monoisotopic (exact) mass is 513 g/mol. The number of Topliss-reactive ketones (excluding diaryl/α,β-unsaturated/α-hetero) is 3. The van der Waals surface area contributed by atoms with E-state index in [-0.39, 0.29) is 17.3 Å². The van der Waals surface area contributed by atoms with E-state index in [0.29, 0.717) is 22.3 Å². The van der Waals surface area contributed by atoms with Crippen molar-refractivity contribution >= 4 is 29.1 Å². The van der Waals surface area contributed by atoms with Crippen molar-refractivity contribution in [3.05, 3.63) is 142 Å². The summed E-state index contributed by atoms with van der Waals surface area (Å²) < 4.78 is 14.1. The van der Waals surface area contributed by atoms with Crippen molar-refractivity contribution in [3.8, 4) is 0 Å². The van der Waals surface area contributed by atoms with Gasteiger partial charge in [0.25, 0.3) is 0 Å². The minimum atomic E-state index is -1.59. The van der Waals surface area contributed by atoms with Gasteiger partial charge in [-0.25, -0.2) is 4.39 Å². The van der Waals surface area contributed by atoms with Crippen LogP contribution in [0, 0.1) is 18.2 Å². The fourth-order valence-corrected chi connectivity index (χ4v) is 6.89. The molecule has 0 unspecified atom stereocenters. The van der Waals surface area contributed by atoms with E-state index in [0.717, 1.165) is 16.8 Å². The zero-order chi connectivity index (χ0) is 26.9. The maximum absolute atomic E-state index is 14.6. The van der Waals surface area contributed by atoms with Crippen LogP contribution in [-0.2, 0) is 0 Å². The molecule has 3 aliphatic rings. The third-order valence-electron chi connectivity index (χ3n) is 8.52. The normalized spacial score (nSPS) is 22.1. The summed E-state index contributed by atoms with van der Waals surface area (Å²) in [6.45, 7) is 1.98. The number of aryl methyl sites for hydroxylation is 1. The Morgan fingerprint density at radius 3 is 2.13 bits per heavy atom. The highest BCUT2D eigenvalue weighted by Crippen LogP contribution is 2.61. The molecule has 4 nitrogen and oxygen atoms in total. The van der Waals surface area contributed by atoms with Gasteiger partial charge in [0.1, 0.15) is 17.3 Å². The van der Waals surface area contributed by atoms with Crippen LogP contribution in [0.3, 0.4) is 0 Å². The lowest BCUT2D eigenvalue weighted by Crippen LogP contribution is -2.48. The van der Waals surface area contributed by atoms with Crippen LogP contribution in [0.4, 0.5) is 10.1 Å². The molecule has 1 spiro atoms. The Balaban J connectivity index is 1.56. The zero-order valence-electron chi connectivity index (χ0n) is 21.2. The Morgan fingerprint density at radius 1 is 0.821 bits per heavy atom. The fourth-order valence-electron chi connectivity index (χ4n) is 6.89.